The summed E-state index contributed by atoms with van der Waals surface area (Å²) < 4.78 is 31.5. The fourth-order valence-corrected chi connectivity index (χ4v) is 2.62. The molecule has 2 aromatic carbocycles. The van der Waals surface area contributed by atoms with Crippen LogP contribution in [0.25, 0.3) is 0 Å². The number of halogens is 2. The van der Waals surface area contributed by atoms with E-state index in [4.69, 9.17) is 4.74 Å². The second kappa shape index (κ2) is 7.26. The van der Waals surface area contributed by atoms with Gasteiger partial charge in [0.25, 0.3) is 0 Å². The standard InChI is InChI=1S/C16H15F2NO2S/c1-10(22-15-7-6-11(17)8-14(15)18)16(20)19-12-4-3-5-13(9-12)21-2/h3-10H,1-2H3,(H,19,20)/t10-/m0/s1. The molecule has 1 N–H and O–H groups in total. The Bertz CT molecular complexity index is 679. The Morgan fingerprint density at radius 3 is 2.68 bits per heavy atom. The highest BCUT2D eigenvalue weighted by atomic mass is 32.2. The van der Waals surface area contributed by atoms with Gasteiger partial charge < -0.3 is 10.1 Å². The molecule has 1 amide bonds. The zero-order valence-corrected chi connectivity index (χ0v) is 12.9. The second-order valence-corrected chi connectivity index (χ2v) is 5.94. The summed E-state index contributed by atoms with van der Waals surface area (Å²) in [6, 6.07) is 10.2. The van der Waals surface area contributed by atoms with E-state index >= 15 is 0 Å². The minimum Gasteiger partial charge on any atom is -0.497 e. The topological polar surface area (TPSA) is 38.3 Å². The number of hydrogen-bond acceptors (Lipinski definition) is 3. The molecule has 0 aliphatic heterocycles. The van der Waals surface area contributed by atoms with Gasteiger partial charge in [0.1, 0.15) is 17.4 Å². The van der Waals surface area contributed by atoms with Crippen LogP contribution in [0.15, 0.2) is 47.4 Å². The van der Waals surface area contributed by atoms with Crippen LogP contribution >= 0.6 is 11.8 Å². The van der Waals surface area contributed by atoms with Crippen molar-refractivity contribution in [1.29, 1.82) is 0 Å². The molecule has 2 rings (SSSR count). The molecule has 0 aliphatic rings. The average molecular weight is 323 g/mol. The highest BCUT2D eigenvalue weighted by molar-refractivity contribution is 8.00. The van der Waals surface area contributed by atoms with E-state index < -0.39 is 16.9 Å². The van der Waals surface area contributed by atoms with Gasteiger partial charge in [-0.3, -0.25) is 4.79 Å². The van der Waals surface area contributed by atoms with Gasteiger partial charge in [-0.1, -0.05) is 6.07 Å². The molecule has 3 nitrogen and oxygen atoms in total. The number of benzene rings is 2. The van der Waals surface area contributed by atoms with Gasteiger partial charge in [-0.15, -0.1) is 11.8 Å². The number of thioether (sulfide) groups is 1. The van der Waals surface area contributed by atoms with Gasteiger partial charge in [-0.25, -0.2) is 8.78 Å². The summed E-state index contributed by atoms with van der Waals surface area (Å²) in [5.41, 5.74) is 0.594. The molecule has 6 heteroatoms. The Morgan fingerprint density at radius 1 is 1.23 bits per heavy atom. The number of methoxy groups -OCH3 is 1. The first-order valence-corrected chi connectivity index (χ1v) is 7.44. The molecule has 0 unspecified atom stereocenters. The Morgan fingerprint density at radius 2 is 2.00 bits per heavy atom. The lowest BCUT2D eigenvalue weighted by Gasteiger charge is -2.13. The summed E-state index contributed by atoms with van der Waals surface area (Å²) in [6.07, 6.45) is 0. The first-order chi connectivity index (χ1) is 10.5. The van der Waals surface area contributed by atoms with Crippen molar-refractivity contribution in [1.82, 2.24) is 0 Å². The predicted molar refractivity (Wildman–Crippen MR) is 83.3 cm³/mol. The Kier molecular flexibility index (Phi) is 5.38. The van der Waals surface area contributed by atoms with E-state index in [0.717, 1.165) is 23.9 Å². The Labute approximate surface area is 131 Å². The molecule has 2 aromatic rings. The van der Waals surface area contributed by atoms with Crippen LogP contribution in [-0.4, -0.2) is 18.3 Å². The lowest BCUT2D eigenvalue weighted by molar-refractivity contribution is -0.115. The normalized spacial score (nSPS) is 11.8. The fourth-order valence-electron chi connectivity index (χ4n) is 1.76. The smallest absolute Gasteiger partial charge is 0.237 e. The van der Waals surface area contributed by atoms with Gasteiger partial charge in [0.15, 0.2) is 0 Å². The summed E-state index contributed by atoms with van der Waals surface area (Å²) >= 11 is 1.03. The third-order valence-electron chi connectivity index (χ3n) is 2.90. The van der Waals surface area contributed by atoms with E-state index in [2.05, 4.69) is 5.32 Å². The zero-order valence-electron chi connectivity index (χ0n) is 12.1. The molecule has 0 aromatic heterocycles. The first-order valence-electron chi connectivity index (χ1n) is 6.56. The van der Waals surface area contributed by atoms with Crippen LogP contribution in [0, 0.1) is 11.6 Å². The molecular formula is C16H15F2NO2S. The van der Waals surface area contributed by atoms with Gasteiger partial charge in [0, 0.05) is 22.7 Å². The molecule has 0 saturated heterocycles. The summed E-state index contributed by atoms with van der Waals surface area (Å²) in [6.45, 7) is 1.66. The highest BCUT2D eigenvalue weighted by Gasteiger charge is 2.17. The van der Waals surface area contributed by atoms with Crippen LogP contribution in [0.5, 0.6) is 5.75 Å². The SMILES string of the molecule is COc1cccc(NC(=O)[C@H](C)Sc2ccc(F)cc2F)c1. The summed E-state index contributed by atoms with van der Waals surface area (Å²) in [5, 5.41) is 2.20. The molecular weight excluding hydrogens is 308 g/mol. The molecule has 0 radical (unpaired) electrons. The largest absolute Gasteiger partial charge is 0.497 e. The third kappa shape index (κ3) is 4.21. The van der Waals surface area contributed by atoms with Crippen molar-refractivity contribution >= 4 is 23.4 Å². The molecule has 22 heavy (non-hydrogen) atoms. The predicted octanol–water partition coefficient (Wildman–Crippen LogP) is 4.09. The average Bonchev–Trinajstić information content (AvgIpc) is 2.50. The number of amides is 1. The van der Waals surface area contributed by atoms with E-state index in [-0.39, 0.29) is 10.8 Å². The van der Waals surface area contributed by atoms with E-state index in [9.17, 15) is 13.6 Å². The van der Waals surface area contributed by atoms with E-state index in [1.807, 2.05) is 0 Å². The molecule has 0 aliphatic carbocycles. The van der Waals surface area contributed by atoms with Crippen LogP contribution < -0.4 is 10.1 Å². The minimum atomic E-state index is -0.675. The maximum Gasteiger partial charge on any atom is 0.237 e. The van der Waals surface area contributed by atoms with Crippen LogP contribution in [0.4, 0.5) is 14.5 Å². The van der Waals surface area contributed by atoms with Gasteiger partial charge in [-0.2, -0.15) is 0 Å². The number of rotatable bonds is 5. The quantitative estimate of drug-likeness (QED) is 0.842. The number of ether oxygens (including phenoxy) is 1. The summed E-state index contributed by atoms with van der Waals surface area (Å²) in [7, 11) is 1.54. The van der Waals surface area contributed by atoms with Crippen molar-refractivity contribution in [3.8, 4) is 5.75 Å². The third-order valence-corrected chi connectivity index (χ3v) is 4.06. The molecule has 0 spiro atoms. The minimum absolute atomic E-state index is 0.231. The lowest BCUT2D eigenvalue weighted by Crippen LogP contribution is -2.22. The van der Waals surface area contributed by atoms with Crippen LogP contribution in [-0.2, 0) is 4.79 Å². The van der Waals surface area contributed by atoms with Gasteiger partial charge in [0.2, 0.25) is 5.91 Å². The van der Waals surface area contributed by atoms with Gasteiger partial charge in [0.05, 0.1) is 12.4 Å². The van der Waals surface area contributed by atoms with Crippen molar-refractivity contribution in [3.63, 3.8) is 0 Å². The molecule has 0 saturated carbocycles. The lowest BCUT2D eigenvalue weighted by atomic mass is 10.3. The van der Waals surface area contributed by atoms with Crippen molar-refractivity contribution in [2.75, 3.05) is 12.4 Å². The number of carbonyl (C=O) groups excluding carboxylic acids is 1. The van der Waals surface area contributed by atoms with Crippen molar-refractivity contribution < 1.29 is 18.3 Å². The van der Waals surface area contributed by atoms with E-state index in [1.54, 1.807) is 31.2 Å². The second-order valence-electron chi connectivity index (χ2n) is 4.56. The van der Waals surface area contributed by atoms with Crippen LogP contribution in [0.2, 0.25) is 0 Å². The van der Waals surface area contributed by atoms with Crippen LogP contribution in [0.3, 0.4) is 0 Å². The van der Waals surface area contributed by atoms with Crippen molar-refractivity contribution in [2.24, 2.45) is 0 Å². The molecule has 0 heterocycles. The highest BCUT2D eigenvalue weighted by Crippen LogP contribution is 2.27. The summed E-state index contributed by atoms with van der Waals surface area (Å²) in [4.78, 5) is 12.4. The number of carbonyl (C=O) groups is 1. The number of nitrogens with one attached hydrogen (secondary N) is 1. The maximum atomic E-state index is 13.6. The zero-order chi connectivity index (χ0) is 16.1. The monoisotopic (exact) mass is 323 g/mol. The van der Waals surface area contributed by atoms with E-state index in [0.29, 0.717) is 11.4 Å². The molecule has 0 fully saturated rings. The van der Waals surface area contributed by atoms with Crippen molar-refractivity contribution in [2.45, 2.75) is 17.1 Å². The Balaban J connectivity index is 2.02. The maximum absolute atomic E-state index is 13.6. The summed E-state index contributed by atoms with van der Waals surface area (Å²) in [5.74, 6) is -0.967. The van der Waals surface area contributed by atoms with Gasteiger partial charge >= 0.3 is 0 Å². The molecule has 1 atom stereocenters. The number of hydrogen-bond donors (Lipinski definition) is 1. The molecule has 116 valence electrons. The molecule has 0 bridgehead atoms. The fraction of sp³-hybridized carbons (Fsp3) is 0.188. The van der Waals surface area contributed by atoms with E-state index in [1.165, 1.54) is 13.2 Å². The Hall–Kier alpha value is -2.08. The van der Waals surface area contributed by atoms with Crippen molar-refractivity contribution in [3.05, 3.63) is 54.1 Å². The van der Waals surface area contributed by atoms with Gasteiger partial charge in [-0.05, 0) is 31.2 Å². The van der Waals surface area contributed by atoms with Crippen LogP contribution in [0.1, 0.15) is 6.92 Å². The number of anilines is 1. The first kappa shape index (κ1) is 16.3.